The second-order valence-corrected chi connectivity index (χ2v) is 7.74. The molecule has 5 heteroatoms. The van der Waals surface area contributed by atoms with Crippen LogP contribution in [-0.4, -0.2) is 37.6 Å². The summed E-state index contributed by atoms with van der Waals surface area (Å²) in [6, 6.07) is 14.5. The molecule has 0 atom stereocenters. The van der Waals surface area contributed by atoms with E-state index in [9.17, 15) is 4.79 Å². The Balaban J connectivity index is 1.24. The number of benzene rings is 2. The van der Waals surface area contributed by atoms with Crippen molar-refractivity contribution in [1.82, 2.24) is 10.2 Å². The van der Waals surface area contributed by atoms with Crippen LogP contribution in [0.25, 0.3) is 0 Å². The van der Waals surface area contributed by atoms with Gasteiger partial charge in [0.15, 0.2) is 0 Å². The number of carbonyl (C=O) groups excluding carboxylic acids is 1. The van der Waals surface area contributed by atoms with Gasteiger partial charge in [-0.25, -0.2) is 0 Å². The lowest BCUT2D eigenvalue weighted by Gasteiger charge is -2.31. The van der Waals surface area contributed by atoms with Crippen LogP contribution >= 0.6 is 0 Å². The maximum absolute atomic E-state index is 12.5. The molecule has 2 heterocycles. The third-order valence-electron chi connectivity index (χ3n) is 5.91. The van der Waals surface area contributed by atoms with Crippen LogP contribution in [0.1, 0.15) is 29.5 Å². The summed E-state index contributed by atoms with van der Waals surface area (Å²) < 4.78 is 5.17. The summed E-state index contributed by atoms with van der Waals surface area (Å²) in [7, 11) is 1.66. The number of hydrogen-bond acceptors (Lipinski definition) is 4. The third-order valence-corrected chi connectivity index (χ3v) is 5.91. The van der Waals surface area contributed by atoms with Crippen LogP contribution in [0.5, 0.6) is 5.75 Å². The molecule has 28 heavy (non-hydrogen) atoms. The highest BCUT2D eigenvalue weighted by Crippen LogP contribution is 2.28. The van der Waals surface area contributed by atoms with Gasteiger partial charge in [0.25, 0.3) is 0 Å². The van der Waals surface area contributed by atoms with Crippen molar-refractivity contribution < 1.29 is 9.53 Å². The number of para-hydroxylation sites is 1. The van der Waals surface area contributed by atoms with Gasteiger partial charge in [-0.15, -0.1) is 0 Å². The van der Waals surface area contributed by atoms with Crippen molar-refractivity contribution in [3.05, 3.63) is 59.2 Å². The molecule has 0 unspecified atom stereocenters. The summed E-state index contributed by atoms with van der Waals surface area (Å²) in [6.07, 6.45) is 2.98. The number of hydrogen-bond donors (Lipinski definition) is 2. The van der Waals surface area contributed by atoms with Crippen LogP contribution in [0.15, 0.2) is 42.5 Å². The Morgan fingerprint density at radius 2 is 1.96 bits per heavy atom. The number of anilines is 1. The molecular formula is C23H29N3O2. The van der Waals surface area contributed by atoms with Gasteiger partial charge in [-0.05, 0) is 61.2 Å². The van der Waals surface area contributed by atoms with Gasteiger partial charge in [-0.2, -0.15) is 0 Å². The summed E-state index contributed by atoms with van der Waals surface area (Å²) in [5.41, 5.74) is 5.25. The molecule has 0 radical (unpaired) electrons. The van der Waals surface area contributed by atoms with E-state index >= 15 is 0 Å². The summed E-state index contributed by atoms with van der Waals surface area (Å²) in [5.74, 6) is 1.13. The van der Waals surface area contributed by atoms with Crippen LogP contribution < -0.4 is 15.4 Å². The molecule has 0 aromatic heterocycles. The molecule has 0 spiro atoms. The normalized spacial score (nSPS) is 17.0. The zero-order chi connectivity index (χ0) is 19.3. The molecule has 2 aliphatic heterocycles. The largest absolute Gasteiger partial charge is 0.497 e. The first-order chi connectivity index (χ1) is 13.7. The molecule has 2 N–H and O–H groups in total. The van der Waals surface area contributed by atoms with E-state index in [1.807, 2.05) is 24.3 Å². The molecule has 0 saturated carbocycles. The zero-order valence-electron chi connectivity index (χ0n) is 16.5. The second-order valence-electron chi connectivity index (χ2n) is 7.74. The number of likely N-dealkylation sites (tertiary alicyclic amines) is 1. The van der Waals surface area contributed by atoms with E-state index in [1.54, 1.807) is 7.11 Å². The molecule has 0 aliphatic carbocycles. The number of carbonyl (C=O) groups is 1. The minimum absolute atomic E-state index is 0.120. The smallest absolute Gasteiger partial charge is 0.223 e. The molecule has 0 bridgehead atoms. The molecule has 2 aliphatic rings. The molecule has 2 aromatic rings. The van der Waals surface area contributed by atoms with Crippen LogP contribution in [-0.2, 0) is 24.3 Å². The quantitative estimate of drug-likeness (QED) is 0.809. The number of ether oxygens (including phenoxy) is 1. The Morgan fingerprint density at radius 1 is 1.18 bits per heavy atom. The van der Waals surface area contributed by atoms with Crippen LogP contribution in [0.4, 0.5) is 5.69 Å². The molecule has 1 saturated heterocycles. The highest BCUT2D eigenvalue weighted by Gasteiger charge is 2.25. The van der Waals surface area contributed by atoms with Crippen molar-refractivity contribution in [2.24, 2.45) is 5.92 Å². The summed E-state index contributed by atoms with van der Waals surface area (Å²) in [5, 5.41) is 6.62. The highest BCUT2D eigenvalue weighted by molar-refractivity contribution is 5.78. The molecule has 2 aromatic carbocycles. The molecule has 5 nitrogen and oxygen atoms in total. The number of rotatable bonds is 6. The van der Waals surface area contributed by atoms with Crippen LogP contribution in [0.2, 0.25) is 0 Å². The number of nitrogens with one attached hydrogen (secondary N) is 2. The van der Waals surface area contributed by atoms with Crippen molar-refractivity contribution in [2.45, 2.75) is 32.4 Å². The summed E-state index contributed by atoms with van der Waals surface area (Å²) in [4.78, 5) is 15.0. The topological polar surface area (TPSA) is 53.6 Å². The average Bonchev–Trinajstić information content (AvgIpc) is 3.23. The molecule has 148 valence electrons. The minimum atomic E-state index is 0.120. The Hall–Kier alpha value is -2.53. The predicted octanol–water partition coefficient (Wildman–Crippen LogP) is 3.19. The fourth-order valence-corrected chi connectivity index (χ4v) is 4.21. The predicted molar refractivity (Wildman–Crippen MR) is 111 cm³/mol. The van der Waals surface area contributed by atoms with E-state index < -0.39 is 0 Å². The maximum atomic E-state index is 12.5. The van der Waals surface area contributed by atoms with Gasteiger partial charge < -0.3 is 15.4 Å². The van der Waals surface area contributed by atoms with Gasteiger partial charge in [0.1, 0.15) is 5.75 Å². The zero-order valence-corrected chi connectivity index (χ0v) is 16.5. The lowest BCUT2D eigenvalue weighted by atomic mass is 9.95. The Kier molecular flexibility index (Phi) is 5.81. The summed E-state index contributed by atoms with van der Waals surface area (Å²) >= 11 is 0. The fraction of sp³-hybridized carbons (Fsp3) is 0.435. The van der Waals surface area contributed by atoms with Crippen LogP contribution in [0.3, 0.4) is 0 Å². The lowest BCUT2D eigenvalue weighted by molar-refractivity contribution is -0.126. The van der Waals surface area contributed by atoms with Crippen molar-refractivity contribution in [3.8, 4) is 5.75 Å². The van der Waals surface area contributed by atoms with Gasteiger partial charge in [-0.3, -0.25) is 9.69 Å². The number of nitrogens with zero attached hydrogens (tertiary/aromatic N) is 1. The molecule has 1 amide bonds. The Morgan fingerprint density at radius 3 is 2.71 bits per heavy atom. The number of methoxy groups -OCH3 is 1. The third kappa shape index (κ3) is 4.30. The number of fused-ring (bicyclic) bond motifs is 1. The van der Waals surface area contributed by atoms with Gasteiger partial charge >= 0.3 is 0 Å². The first-order valence-electron chi connectivity index (χ1n) is 10.2. The van der Waals surface area contributed by atoms with E-state index in [-0.39, 0.29) is 11.8 Å². The fourth-order valence-electron chi connectivity index (χ4n) is 4.21. The molecule has 4 rings (SSSR count). The van der Waals surface area contributed by atoms with Crippen LogP contribution in [0, 0.1) is 5.92 Å². The van der Waals surface area contributed by atoms with E-state index in [2.05, 4.69) is 33.7 Å². The van der Waals surface area contributed by atoms with Gasteiger partial charge in [0.05, 0.1) is 7.11 Å². The van der Waals surface area contributed by atoms with Crippen molar-refractivity contribution in [3.63, 3.8) is 0 Å². The minimum Gasteiger partial charge on any atom is -0.497 e. The number of piperidine rings is 1. The van der Waals surface area contributed by atoms with Crippen molar-refractivity contribution in [1.29, 1.82) is 0 Å². The van der Waals surface area contributed by atoms with E-state index in [0.29, 0.717) is 6.54 Å². The van der Waals surface area contributed by atoms with E-state index in [1.165, 1.54) is 16.8 Å². The molecular weight excluding hydrogens is 350 g/mol. The highest BCUT2D eigenvalue weighted by atomic mass is 16.5. The maximum Gasteiger partial charge on any atom is 0.223 e. The van der Waals surface area contributed by atoms with Gasteiger partial charge in [0, 0.05) is 31.2 Å². The Labute approximate surface area is 167 Å². The first-order valence-corrected chi connectivity index (χ1v) is 10.2. The first kappa shape index (κ1) is 18.8. The van der Waals surface area contributed by atoms with Crippen molar-refractivity contribution in [2.75, 3.05) is 32.1 Å². The SMILES string of the molecule is COc1ccc(CNC(=O)C2CCN(Cc3cccc4c3NCC4)CC2)cc1. The second kappa shape index (κ2) is 8.65. The number of amides is 1. The van der Waals surface area contributed by atoms with E-state index in [4.69, 9.17) is 4.74 Å². The summed E-state index contributed by atoms with van der Waals surface area (Å²) in [6.45, 7) is 4.54. The van der Waals surface area contributed by atoms with Gasteiger partial charge in [0.2, 0.25) is 5.91 Å². The average molecular weight is 380 g/mol. The monoisotopic (exact) mass is 379 g/mol. The standard InChI is InChI=1S/C23H29N3O2/c1-28-21-7-5-17(6-8-21)15-25-23(27)19-10-13-26(14-11-19)16-20-4-2-3-18-9-12-24-22(18)20/h2-8,19,24H,9-16H2,1H3,(H,25,27). The lowest BCUT2D eigenvalue weighted by Crippen LogP contribution is -2.40. The molecule has 1 fully saturated rings. The van der Waals surface area contributed by atoms with Gasteiger partial charge in [-0.1, -0.05) is 30.3 Å². The Bertz CT molecular complexity index is 811. The van der Waals surface area contributed by atoms with E-state index in [0.717, 1.165) is 56.8 Å². The van der Waals surface area contributed by atoms with Crippen molar-refractivity contribution >= 4 is 11.6 Å².